The number of methoxy groups -OCH3 is 1. The number of carbonyl (C=O) groups excluding carboxylic acids is 3. The van der Waals surface area contributed by atoms with Gasteiger partial charge in [-0.1, -0.05) is 39.0 Å². The zero-order valence-corrected chi connectivity index (χ0v) is 28.2. The standard InChI is InChI=1S/C36H43N7O5/c1-22(37-5)33(44)42-31(36(2,3)4)35(46)43-18-10-13-29(43)34(45)41-28-19-26-27(20-30(28)47-6)38-21-39-32(26)40-23-14-16-25(17-15-23)48-24-11-8-7-9-12-24/h7-9,11-12,14-17,19-22,29,31,37H,10,13,18H2,1-6H3,(H,41,45)(H,42,44)(H,38,39,40)/t22-,29?,31+/m0/s1. The van der Waals surface area contributed by atoms with Crippen LogP contribution in [-0.4, -0.2) is 71.4 Å². The highest BCUT2D eigenvalue weighted by Crippen LogP contribution is 2.35. The van der Waals surface area contributed by atoms with E-state index >= 15 is 0 Å². The van der Waals surface area contributed by atoms with E-state index in [1.807, 2.05) is 75.4 Å². The van der Waals surface area contributed by atoms with Crippen LogP contribution < -0.4 is 30.7 Å². The molecule has 0 saturated carbocycles. The number of fused-ring (bicyclic) bond motifs is 1. The number of benzene rings is 3. The van der Waals surface area contributed by atoms with Crippen LogP contribution in [0.25, 0.3) is 10.9 Å². The molecule has 1 unspecified atom stereocenters. The molecule has 4 N–H and O–H groups in total. The predicted molar refractivity (Wildman–Crippen MR) is 186 cm³/mol. The molecule has 12 nitrogen and oxygen atoms in total. The summed E-state index contributed by atoms with van der Waals surface area (Å²) >= 11 is 0. The van der Waals surface area contributed by atoms with Crippen LogP contribution in [0.5, 0.6) is 17.2 Å². The Bertz CT molecular complexity index is 1760. The quantitative estimate of drug-likeness (QED) is 0.171. The van der Waals surface area contributed by atoms with E-state index in [1.54, 1.807) is 31.0 Å². The minimum absolute atomic E-state index is 0.282. The van der Waals surface area contributed by atoms with Crippen LogP contribution in [0.1, 0.15) is 40.5 Å². The Balaban J connectivity index is 1.35. The zero-order valence-electron chi connectivity index (χ0n) is 28.2. The number of amides is 3. The molecule has 0 bridgehead atoms. The molecular formula is C36H43N7O5. The fraction of sp³-hybridized carbons (Fsp3) is 0.361. The number of nitrogens with zero attached hydrogens (tertiary/aromatic N) is 3. The van der Waals surface area contributed by atoms with E-state index in [2.05, 4.69) is 31.2 Å². The first-order chi connectivity index (χ1) is 23.0. The Labute approximate surface area is 280 Å². The number of likely N-dealkylation sites (N-methyl/N-ethyl adjacent to an activating group) is 1. The fourth-order valence-electron chi connectivity index (χ4n) is 5.55. The van der Waals surface area contributed by atoms with Crippen molar-refractivity contribution in [1.82, 2.24) is 25.5 Å². The Morgan fingerprint density at radius 2 is 1.69 bits per heavy atom. The summed E-state index contributed by atoms with van der Waals surface area (Å²) < 4.78 is 11.5. The maximum atomic E-state index is 13.9. The van der Waals surface area contributed by atoms with Gasteiger partial charge in [0.2, 0.25) is 17.7 Å². The number of likely N-dealkylation sites (tertiary alicyclic amines) is 1. The summed E-state index contributed by atoms with van der Waals surface area (Å²) in [6.07, 6.45) is 2.61. The molecular weight excluding hydrogens is 610 g/mol. The molecule has 1 saturated heterocycles. The number of rotatable bonds is 11. The van der Waals surface area contributed by atoms with Crippen LogP contribution in [0.15, 0.2) is 73.1 Å². The van der Waals surface area contributed by atoms with Crippen molar-refractivity contribution in [2.45, 2.75) is 58.7 Å². The van der Waals surface area contributed by atoms with Crippen molar-refractivity contribution in [2.24, 2.45) is 5.41 Å². The van der Waals surface area contributed by atoms with E-state index in [4.69, 9.17) is 9.47 Å². The average molecular weight is 654 g/mol. The number of ether oxygens (including phenoxy) is 2. The number of aromatic nitrogens is 2. The first kappa shape index (κ1) is 34.1. The zero-order chi connectivity index (χ0) is 34.4. The van der Waals surface area contributed by atoms with E-state index in [9.17, 15) is 14.4 Å². The monoisotopic (exact) mass is 653 g/mol. The van der Waals surface area contributed by atoms with Gasteiger partial charge in [-0.3, -0.25) is 14.4 Å². The fourth-order valence-corrected chi connectivity index (χ4v) is 5.55. The summed E-state index contributed by atoms with van der Waals surface area (Å²) in [5, 5.41) is 12.8. The van der Waals surface area contributed by atoms with Crippen LogP contribution in [0, 0.1) is 5.41 Å². The largest absolute Gasteiger partial charge is 0.494 e. The molecule has 2 heterocycles. The molecule has 3 amide bonds. The number of hydrogen-bond acceptors (Lipinski definition) is 9. The van der Waals surface area contributed by atoms with Crippen molar-refractivity contribution in [3.63, 3.8) is 0 Å². The molecule has 3 atom stereocenters. The van der Waals surface area contributed by atoms with E-state index in [0.717, 1.165) is 11.4 Å². The summed E-state index contributed by atoms with van der Waals surface area (Å²) in [5.74, 6) is 1.47. The molecule has 252 valence electrons. The molecule has 1 fully saturated rings. The van der Waals surface area contributed by atoms with E-state index in [0.29, 0.717) is 53.3 Å². The number of nitrogens with one attached hydrogen (secondary N) is 4. The van der Waals surface area contributed by atoms with Crippen LogP contribution in [0.4, 0.5) is 17.2 Å². The van der Waals surface area contributed by atoms with Crippen molar-refractivity contribution in [3.05, 3.63) is 73.1 Å². The first-order valence-corrected chi connectivity index (χ1v) is 16.0. The molecule has 1 aliphatic rings. The van der Waals surface area contributed by atoms with Crippen LogP contribution in [0.3, 0.4) is 0 Å². The number of carbonyl (C=O) groups is 3. The average Bonchev–Trinajstić information content (AvgIpc) is 3.58. The van der Waals surface area contributed by atoms with Gasteiger partial charge in [-0.15, -0.1) is 0 Å². The summed E-state index contributed by atoms with van der Waals surface area (Å²) in [4.78, 5) is 50.9. The van der Waals surface area contributed by atoms with Gasteiger partial charge in [-0.25, -0.2) is 9.97 Å². The highest BCUT2D eigenvalue weighted by atomic mass is 16.5. The van der Waals surface area contributed by atoms with Gasteiger partial charge in [0.15, 0.2) is 0 Å². The molecule has 0 radical (unpaired) electrons. The second kappa shape index (κ2) is 14.7. The topological polar surface area (TPSA) is 147 Å². The lowest BCUT2D eigenvalue weighted by Gasteiger charge is -2.36. The Hall–Kier alpha value is -5.23. The molecule has 12 heteroatoms. The van der Waals surface area contributed by atoms with Gasteiger partial charge in [0, 0.05) is 23.7 Å². The number of hydrogen-bond donors (Lipinski definition) is 4. The molecule has 4 aromatic rings. The van der Waals surface area contributed by atoms with E-state index < -0.39 is 23.5 Å². The van der Waals surface area contributed by atoms with Crippen molar-refractivity contribution in [2.75, 3.05) is 31.3 Å². The van der Waals surface area contributed by atoms with Crippen molar-refractivity contribution in [1.29, 1.82) is 0 Å². The van der Waals surface area contributed by atoms with Crippen molar-refractivity contribution in [3.8, 4) is 17.2 Å². The molecule has 48 heavy (non-hydrogen) atoms. The highest BCUT2D eigenvalue weighted by Gasteiger charge is 2.42. The molecule has 0 spiro atoms. The van der Waals surface area contributed by atoms with Crippen LogP contribution in [-0.2, 0) is 14.4 Å². The van der Waals surface area contributed by atoms with E-state index in [-0.39, 0.29) is 17.7 Å². The predicted octanol–water partition coefficient (Wildman–Crippen LogP) is 5.24. The summed E-state index contributed by atoms with van der Waals surface area (Å²) in [7, 11) is 3.20. The second-order valence-electron chi connectivity index (χ2n) is 12.9. The summed E-state index contributed by atoms with van der Waals surface area (Å²) in [6, 6.07) is 18.5. The number of anilines is 3. The van der Waals surface area contributed by atoms with E-state index in [1.165, 1.54) is 13.4 Å². The first-order valence-electron chi connectivity index (χ1n) is 16.0. The van der Waals surface area contributed by atoms with Gasteiger partial charge in [0.25, 0.3) is 0 Å². The van der Waals surface area contributed by atoms with Gasteiger partial charge < -0.3 is 35.6 Å². The van der Waals surface area contributed by atoms with Gasteiger partial charge in [0.05, 0.1) is 24.4 Å². The molecule has 1 aliphatic heterocycles. The van der Waals surface area contributed by atoms with Crippen molar-refractivity contribution >= 4 is 45.8 Å². The Kier molecular flexibility index (Phi) is 10.4. The maximum Gasteiger partial charge on any atom is 0.247 e. The minimum atomic E-state index is -0.811. The SMILES string of the molecule is CN[C@@H](C)C(=O)N[C@H](C(=O)N1CCCC1C(=O)Nc1cc2c(Nc3ccc(Oc4ccccc4)cc3)ncnc2cc1OC)C(C)(C)C. The molecule has 0 aliphatic carbocycles. The van der Waals surface area contributed by atoms with Gasteiger partial charge in [0.1, 0.15) is 41.5 Å². The normalized spacial score (nSPS) is 15.8. The third-order valence-corrected chi connectivity index (χ3v) is 8.37. The Morgan fingerprint density at radius 1 is 0.979 bits per heavy atom. The van der Waals surface area contributed by atoms with Crippen molar-refractivity contribution < 1.29 is 23.9 Å². The second-order valence-corrected chi connectivity index (χ2v) is 12.9. The van der Waals surface area contributed by atoms with Crippen LogP contribution >= 0.6 is 0 Å². The van der Waals surface area contributed by atoms with Gasteiger partial charge in [-0.2, -0.15) is 0 Å². The van der Waals surface area contributed by atoms with Crippen LogP contribution in [0.2, 0.25) is 0 Å². The third-order valence-electron chi connectivity index (χ3n) is 8.37. The van der Waals surface area contributed by atoms with Gasteiger partial charge >= 0.3 is 0 Å². The smallest absolute Gasteiger partial charge is 0.247 e. The molecule has 5 rings (SSSR count). The Morgan fingerprint density at radius 3 is 2.35 bits per heavy atom. The third kappa shape index (κ3) is 7.83. The lowest BCUT2D eigenvalue weighted by molar-refractivity contribution is -0.143. The maximum absolute atomic E-state index is 13.9. The lowest BCUT2D eigenvalue weighted by atomic mass is 9.85. The molecule has 3 aromatic carbocycles. The lowest BCUT2D eigenvalue weighted by Crippen LogP contribution is -2.59. The number of para-hydroxylation sites is 1. The minimum Gasteiger partial charge on any atom is -0.494 e. The van der Waals surface area contributed by atoms with Gasteiger partial charge in [-0.05, 0) is 74.7 Å². The summed E-state index contributed by atoms with van der Waals surface area (Å²) in [5.41, 5.74) is 1.23. The highest BCUT2D eigenvalue weighted by molar-refractivity contribution is 6.03. The molecule has 1 aromatic heterocycles. The summed E-state index contributed by atoms with van der Waals surface area (Å²) in [6.45, 7) is 7.82.